The average Bonchev–Trinajstić information content (AvgIpc) is 3.37. The Labute approximate surface area is 230 Å². The SMILES string of the molecule is CC(C)(C)C(=O)OC(CCCCCCNC(=O)OCc1ccccc1)O[P+](=O)CC(=O)N1CCC[C@H]1C(=O)O. The minimum Gasteiger partial charge on any atom is -0.480 e. The fourth-order valence-electron chi connectivity index (χ4n) is 3.88. The number of carboxylic acid groups (broad SMARTS) is 1. The number of carbonyl (C=O) groups is 4. The van der Waals surface area contributed by atoms with Crippen molar-refractivity contribution in [3.05, 3.63) is 35.9 Å². The molecule has 2 amide bonds. The van der Waals surface area contributed by atoms with Crippen molar-refractivity contribution in [3.63, 3.8) is 0 Å². The van der Waals surface area contributed by atoms with E-state index in [0.717, 1.165) is 24.8 Å². The third-order valence-electron chi connectivity index (χ3n) is 6.06. The van der Waals surface area contributed by atoms with Crippen molar-refractivity contribution >= 4 is 32.0 Å². The number of carboxylic acids is 1. The van der Waals surface area contributed by atoms with Gasteiger partial charge in [-0.1, -0.05) is 43.2 Å². The highest BCUT2D eigenvalue weighted by Gasteiger charge is 2.39. The Bertz CT molecular complexity index is 981. The Morgan fingerprint density at radius 1 is 1.10 bits per heavy atom. The molecule has 1 aliphatic heterocycles. The molecule has 3 atom stereocenters. The van der Waals surface area contributed by atoms with Crippen LogP contribution in [0.4, 0.5) is 4.79 Å². The maximum Gasteiger partial charge on any atom is 0.522 e. The van der Waals surface area contributed by atoms with Crippen LogP contribution >= 0.6 is 8.03 Å². The molecule has 0 saturated carbocycles. The molecule has 2 rings (SSSR count). The van der Waals surface area contributed by atoms with Crippen LogP contribution in [0.25, 0.3) is 0 Å². The first-order chi connectivity index (χ1) is 18.5. The standard InChI is InChI=1S/C27H39N2O9P/c1-27(2,3)25(33)37-23(38-39(35)19-22(30)29-17-11-14-21(29)24(31)32)15-9-4-5-10-16-28-26(34)36-18-20-12-7-6-8-13-20/h6-8,12-13,21,23H,4-5,9-11,14-19H2,1-3H3,(H-,28,31,32,34)/p+1/t21-,23?/m0/s1. The van der Waals surface area contributed by atoms with Crippen molar-refractivity contribution in [2.45, 2.75) is 84.7 Å². The van der Waals surface area contributed by atoms with E-state index in [4.69, 9.17) is 14.0 Å². The van der Waals surface area contributed by atoms with Gasteiger partial charge in [0, 0.05) is 19.5 Å². The number of amides is 2. The van der Waals surface area contributed by atoms with E-state index in [1.165, 1.54) is 4.90 Å². The summed E-state index contributed by atoms with van der Waals surface area (Å²) in [6.45, 7) is 6.01. The first-order valence-corrected chi connectivity index (χ1v) is 14.6. The third kappa shape index (κ3) is 12.1. The highest BCUT2D eigenvalue weighted by molar-refractivity contribution is 7.40. The molecule has 2 unspecified atom stereocenters. The van der Waals surface area contributed by atoms with E-state index in [0.29, 0.717) is 32.4 Å². The second kappa shape index (κ2) is 16.2. The number of alkyl carbamates (subject to hydrolysis) is 1. The molecule has 1 saturated heterocycles. The summed E-state index contributed by atoms with van der Waals surface area (Å²) in [5.74, 6) is -2.17. The number of ether oxygens (including phenoxy) is 2. The van der Waals surface area contributed by atoms with Crippen LogP contribution in [0, 0.1) is 5.41 Å². The number of hydrogen-bond donors (Lipinski definition) is 2. The van der Waals surface area contributed by atoms with Crippen molar-refractivity contribution < 1.29 is 42.8 Å². The third-order valence-corrected chi connectivity index (χ3v) is 7.06. The molecule has 11 nitrogen and oxygen atoms in total. The summed E-state index contributed by atoms with van der Waals surface area (Å²) in [4.78, 5) is 49.3. The number of unbranched alkanes of at least 4 members (excludes halogenated alkanes) is 3. The van der Waals surface area contributed by atoms with E-state index < -0.39 is 55.9 Å². The maximum absolute atomic E-state index is 12.6. The molecule has 0 aromatic heterocycles. The minimum atomic E-state index is -2.51. The number of nitrogens with one attached hydrogen (secondary N) is 1. The molecule has 1 aromatic carbocycles. The number of rotatable bonds is 15. The molecule has 0 bridgehead atoms. The lowest BCUT2D eigenvalue weighted by molar-refractivity contribution is -0.173. The maximum atomic E-state index is 12.6. The van der Waals surface area contributed by atoms with Crippen molar-refractivity contribution in [2.24, 2.45) is 5.41 Å². The highest BCUT2D eigenvalue weighted by atomic mass is 31.1. The minimum absolute atomic E-state index is 0.202. The largest absolute Gasteiger partial charge is 0.522 e. The summed E-state index contributed by atoms with van der Waals surface area (Å²) in [6.07, 6.45) is 2.01. The molecular weight excluding hydrogens is 527 g/mol. The summed E-state index contributed by atoms with van der Waals surface area (Å²) in [6, 6.07) is 8.47. The Morgan fingerprint density at radius 3 is 2.46 bits per heavy atom. The van der Waals surface area contributed by atoms with E-state index in [9.17, 15) is 28.8 Å². The number of nitrogens with zero attached hydrogens (tertiary/aromatic N) is 1. The fourth-order valence-corrected chi connectivity index (χ4v) is 4.76. The van der Waals surface area contributed by atoms with Gasteiger partial charge in [0.05, 0.1) is 5.41 Å². The van der Waals surface area contributed by atoms with Gasteiger partial charge in [0.2, 0.25) is 0 Å². The van der Waals surface area contributed by atoms with Gasteiger partial charge in [-0.3, -0.25) is 9.59 Å². The molecular formula is C27H40N2O9P+. The molecule has 1 aromatic rings. The smallest absolute Gasteiger partial charge is 0.480 e. The predicted molar refractivity (Wildman–Crippen MR) is 143 cm³/mol. The Morgan fingerprint density at radius 2 is 1.79 bits per heavy atom. The van der Waals surface area contributed by atoms with E-state index >= 15 is 0 Å². The first kappa shape index (κ1) is 32.2. The van der Waals surface area contributed by atoms with Crippen molar-refractivity contribution in [1.82, 2.24) is 10.2 Å². The highest BCUT2D eigenvalue weighted by Crippen LogP contribution is 2.30. The van der Waals surface area contributed by atoms with Gasteiger partial charge in [0.1, 0.15) is 12.6 Å². The van der Waals surface area contributed by atoms with Gasteiger partial charge in [0.25, 0.3) is 18.4 Å². The quantitative estimate of drug-likeness (QED) is 0.134. The number of carbonyl (C=O) groups excluding carboxylic acids is 3. The first-order valence-electron chi connectivity index (χ1n) is 13.3. The van der Waals surface area contributed by atoms with E-state index in [2.05, 4.69) is 5.32 Å². The second-order valence-electron chi connectivity index (χ2n) is 10.5. The van der Waals surface area contributed by atoms with Gasteiger partial charge < -0.3 is 24.8 Å². The number of esters is 1. The average molecular weight is 568 g/mol. The zero-order valence-corrected chi connectivity index (χ0v) is 23.8. The molecule has 39 heavy (non-hydrogen) atoms. The van der Waals surface area contributed by atoms with Crippen molar-refractivity contribution in [2.75, 3.05) is 19.3 Å². The van der Waals surface area contributed by atoms with E-state index in [-0.39, 0.29) is 13.0 Å². The Balaban J connectivity index is 1.72. The topological polar surface area (TPSA) is 149 Å². The van der Waals surface area contributed by atoms with Crippen LogP contribution in [0.2, 0.25) is 0 Å². The lowest BCUT2D eigenvalue weighted by Gasteiger charge is -2.21. The van der Waals surface area contributed by atoms with Crippen molar-refractivity contribution in [3.8, 4) is 0 Å². The van der Waals surface area contributed by atoms with E-state index in [1.807, 2.05) is 30.3 Å². The Kier molecular flexibility index (Phi) is 13.3. The van der Waals surface area contributed by atoms with Crippen LogP contribution in [0.15, 0.2) is 30.3 Å². The summed E-state index contributed by atoms with van der Waals surface area (Å²) >= 11 is 0. The summed E-state index contributed by atoms with van der Waals surface area (Å²) in [5, 5.41) is 12.0. The molecule has 216 valence electrons. The molecule has 0 aliphatic carbocycles. The lowest BCUT2D eigenvalue weighted by atomic mass is 9.97. The number of likely N-dealkylation sites (tertiary alicyclic amines) is 1. The van der Waals surface area contributed by atoms with Crippen molar-refractivity contribution in [1.29, 1.82) is 0 Å². The van der Waals surface area contributed by atoms with Crippen LogP contribution in [0.3, 0.4) is 0 Å². The van der Waals surface area contributed by atoms with Crippen LogP contribution < -0.4 is 5.32 Å². The van der Waals surface area contributed by atoms with Gasteiger partial charge in [-0.2, -0.15) is 0 Å². The zero-order chi connectivity index (χ0) is 28.8. The number of hydrogen-bond acceptors (Lipinski definition) is 8. The monoisotopic (exact) mass is 567 g/mol. The van der Waals surface area contributed by atoms with Gasteiger partial charge in [0.15, 0.2) is 0 Å². The predicted octanol–water partition coefficient (Wildman–Crippen LogP) is 4.61. The molecule has 1 aliphatic rings. The Hall–Kier alpha value is -3.04. The molecule has 1 fully saturated rings. The fraction of sp³-hybridized carbons (Fsp3) is 0.630. The molecule has 0 radical (unpaired) electrons. The number of benzene rings is 1. The van der Waals surface area contributed by atoms with Crippen LogP contribution in [-0.2, 0) is 39.6 Å². The molecule has 2 N–H and O–H groups in total. The summed E-state index contributed by atoms with van der Waals surface area (Å²) in [7, 11) is -2.51. The number of aliphatic carboxylic acids is 1. The molecule has 12 heteroatoms. The van der Waals surface area contributed by atoms with Crippen LogP contribution in [-0.4, -0.2) is 65.5 Å². The second-order valence-corrected chi connectivity index (χ2v) is 11.6. The van der Waals surface area contributed by atoms with Gasteiger partial charge in [-0.05, 0) is 56.6 Å². The van der Waals surface area contributed by atoms with Crippen LogP contribution in [0.5, 0.6) is 0 Å². The molecule has 1 heterocycles. The normalized spacial score (nSPS) is 16.3. The van der Waals surface area contributed by atoms with Gasteiger partial charge in [-0.15, -0.1) is 4.52 Å². The zero-order valence-electron chi connectivity index (χ0n) is 22.9. The van der Waals surface area contributed by atoms with E-state index in [1.54, 1.807) is 20.8 Å². The lowest BCUT2D eigenvalue weighted by Crippen LogP contribution is -2.41. The summed E-state index contributed by atoms with van der Waals surface area (Å²) < 4.78 is 28.7. The van der Waals surface area contributed by atoms with Gasteiger partial charge in [-0.25, -0.2) is 9.59 Å². The molecule has 0 spiro atoms. The van der Waals surface area contributed by atoms with Crippen LogP contribution in [0.1, 0.15) is 71.3 Å². The summed E-state index contributed by atoms with van der Waals surface area (Å²) in [5.41, 5.74) is 0.108. The van der Waals surface area contributed by atoms with Gasteiger partial charge >= 0.3 is 26.1 Å².